The molecule has 5 heteroatoms. The summed E-state index contributed by atoms with van der Waals surface area (Å²) in [4.78, 5) is 17.9. The fourth-order valence-corrected chi connectivity index (χ4v) is 2.40. The first-order valence-corrected chi connectivity index (χ1v) is 7.21. The molecule has 5 nitrogen and oxygen atoms in total. The molecule has 0 spiro atoms. The van der Waals surface area contributed by atoms with Gasteiger partial charge in [-0.3, -0.25) is 9.78 Å². The Morgan fingerprint density at radius 2 is 2.15 bits per heavy atom. The van der Waals surface area contributed by atoms with Gasteiger partial charge in [-0.2, -0.15) is 0 Å². The molecule has 1 aromatic rings. The molecule has 2 rings (SSSR count). The van der Waals surface area contributed by atoms with E-state index in [1.54, 1.807) is 17.3 Å². The fourth-order valence-electron chi connectivity index (χ4n) is 2.40. The molecule has 1 fully saturated rings. The van der Waals surface area contributed by atoms with Gasteiger partial charge in [-0.1, -0.05) is 13.8 Å². The number of carbonyl (C=O) groups excluding carboxylic acids is 1. The van der Waals surface area contributed by atoms with Crippen molar-refractivity contribution < 1.29 is 9.90 Å². The molecule has 0 unspecified atom stereocenters. The first-order chi connectivity index (χ1) is 9.58. The normalized spacial score (nSPS) is 18.1. The topological polar surface area (TPSA) is 65.5 Å². The van der Waals surface area contributed by atoms with Crippen molar-refractivity contribution in [3.8, 4) is 0 Å². The zero-order valence-corrected chi connectivity index (χ0v) is 12.1. The predicted molar refractivity (Wildman–Crippen MR) is 78.3 cm³/mol. The van der Waals surface area contributed by atoms with Gasteiger partial charge >= 0.3 is 0 Å². The van der Waals surface area contributed by atoms with Crippen LogP contribution in [0.3, 0.4) is 0 Å². The van der Waals surface area contributed by atoms with Crippen molar-refractivity contribution in [1.82, 2.24) is 9.88 Å². The van der Waals surface area contributed by atoms with E-state index in [-0.39, 0.29) is 11.8 Å². The standard InChI is InChI=1S/C15H23N3O2/c1-11(2)14(19)15(20)18-8-5-12(6-9-18)17-13-4-3-7-16-10-13/h3-4,7,10-12,14,17,19H,5-6,8-9H2,1-2H3/t14-/m0/s1. The van der Waals surface area contributed by atoms with Crippen LogP contribution in [0.1, 0.15) is 26.7 Å². The molecule has 110 valence electrons. The van der Waals surface area contributed by atoms with Gasteiger partial charge in [0.25, 0.3) is 5.91 Å². The quantitative estimate of drug-likeness (QED) is 0.875. The second-order valence-electron chi connectivity index (χ2n) is 5.67. The van der Waals surface area contributed by atoms with Gasteiger partial charge in [-0.15, -0.1) is 0 Å². The fraction of sp³-hybridized carbons (Fsp3) is 0.600. The number of anilines is 1. The summed E-state index contributed by atoms with van der Waals surface area (Å²) in [5.74, 6) is -0.173. The first-order valence-electron chi connectivity index (χ1n) is 7.21. The Morgan fingerprint density at radius 1 is 1.45 bits per heavy atom. The second kappa shape index (κ2) is 6.70. The van der Waals surface area contributed by atoms with Crippen LogP contribution in [-0.4, -0.2) is 46.1 Å². The average molecular weight is 277 g/mol. The molecule has 2 N–H and O–H groups in total. The molecule has 20 heavy (non-hydrogen) atoms. The average Bonchev–Trinajstić information content (AvgIpc) is 2.47. The number of aliphatic hydroxyl groups is 1. The van der Waals surface area contributed by atoms with E-state index in [1.165, 1.54) is 0 Å². The van der Waals surface area contributed by atoms with Crippen LogP contribution in [0, 0.1) is 5.92 Å². The van der Waals surface area contributed by atoms with E-state index in [1.807, 2.05) is 26.0 Å². The van der Waals surface area contributed by atoms with Crippen molar-refractivity contribution in [2.45, 2.75) is 38.8 Å². The third kappa shape index (κ3) is 3.70. The summed E-state index contributed by atoms with van der Waals surface area (Å²) in [6.45, 7) is 5.11. The molecular weight excluding hydrogens is 254 g/mol. The molecule has 1 aliphatic rings. The minimum atomic E-state index is -0.877. The highest BCUT2D eigenvalue weighted by Crippen LogP contribution is 2.17. The van der Waals surface area contributed by atoms with Crippen LogP contribution in [0.5, 0.6) is 0 Å². The van der Waals surface area contributed by atoms with E-state index in [4.69, 9.17) is 0 Å². The summed E-state index contributed by atoms with van der Waals surface area (Å²) in [5.41, 5.74) is 1.01. The van der Waals surface area contributed by atoms with Gasteiger partial charge in [0.1, 0.15) is 6.10 Å². The summed E-state index contributed by atoms with van der Waals surface area (Å²) in [5, 5.41) is 13.3. The molecule has 1 atom stereocenters. The lowest BCUT2D eigenvalue weighted by Crippen LogP contribution is -2.47. The summed E-state index contributed by atoms with van der Waals surface area (Å²) in [6, 6.07) is 4.26. The molecule has 1 aromatic heterocycles. The SMILES string of the molecule is CC(C)[C@H](O)C(=O)N1CCC(Nc2cccnc2)CC1. The molecule has 0 saturated carbocycles. The summed E-state index contributed by atoms with van der Waals surface area (Å²) < 4.78 is 0. The minimum Gasteiger partial charge on any atom is -0.383 e. The van der Waals surface area contributed by atoms with E-state index in [2.05, 4.69) is 10.3 Å². The van der Waals surface area contributed by atoms with Crippen molar-refractivity contribution in [3.05, 3.63) is 24.5 Å². The largest absolute Gasteiger partial charge is 0.383 e. The third-order valence-corrected chi connectivity index (χ3v) is 3.72. The van der Waals surface area contributed by atoms with E-state index < -0.39 is 6.10 Å². The lowest BCUT2D eigenvalue weighted by molar-refractivity contribution is -0.143. The lowest BCUT2D eigenvalue weighted by Gasteiger charge is -2.34. The van der Waals surface area contributed by atoms with Crippen LogP contribution in [0.25, 0.3) is 0 Å². The molecule has 0 radical (unpaired) electrons. The number of aromatic nitrogens is 1. The van der Waals surface area contributed by atoms with Gasteiger partial charge in [0, 0.05) is 31.5 Å². The van der Waals surface area contributed by atoms with Crippen LogP contribution in [0.15, 0.2) is 24.5 Å². The number of aliphatic hydroxyl groups excluding tert-OH is 1. The van der Waals surface area contributed by atoms with E-state index in [0.717, 1.165) is 18.5 Å². The number of likely N-dealkylation sites (tertiary alicyclic amines) is 1. The Balaban J connectivity index is 1.82. The molecule has 0 bridgehead atoms. The molecule has 1 amide bonds. The maximum absolute atomic E-state index is 12.1. The number of pyridine rings is 1. The first kappa shape index (κ1) is 14.8. The number of hydrogen-bond acceptors (Lipinski definition) is 4. The Labute approximate surface area is 120 Å². The van der Waals surface area contributed by atoms with Gasteiger partial charge in [-0.05, 0) is 30.9 Å². The van der Waals surface area contributed by atoms with Gasteiger partial charge in [-0.25, -0.2) is 0 Å². The van der Waals surface area contributed by atoms with Crippen molar-refractivity contribution >= 4 is 11.6 Å². The smallest absolute Gasteiger partial charge is 0.251 e. The summed E-state index contributed by atoms with van der Waals surface area (Å²) in [6.07, 6.45) is 4.47. The van der Waals surface area contributed by atoms with Crippen molar-refractivity contribution in [1.29, 1.82) is 0 Å². The highest BCUT2D eigenvalue weighted by atomic mass is 16.3. The van der Waals surface area contributed by atoms with Crippen LogP contribution >= 0.6 is 0 Å². The molecule has 0 aliphatic carbocycles. The highest BCUT2D eigenvalue weighted by Gasteiger charge is 2.28. The Kier molecular flexibility index (Phi) is 4.95. The molecule has 1 saturated heterocycles. The number of nitrogens with one attached hydrogen (secondary N) is 1. The van der Waals surface area contributed by atoms with E-state index in [9.17, 15) is 9.90 Å². The van der Waals surface area contributed by atoms with Crippen molar-refractivity contribution in [3.63, 3.8) is 0 Å². The summed E-state index contributed by atoms with van der Waals surface area (Å²) >= 11 is 0. The number of piperidine rings is 1. The molecule has 2 heterocycles. The van der Waals surface area contributed by atoms with Crippen LogP contribution < -0.4 is 5.32 Å². The minimum absolute atomic E-state index is 0.0336. The number of amides is 1. The van der Waals surface area contributed by atoms with Crippen LogP contribution in [0.4, 0.5) is 5.69 Å². The summed E-state index contributed by atoms with van der Waals surface area (Å²) in [7, 11) is 0. The molecule has 0 aromatic carbocycles. The van der Waals surface area contributed by atoms with Gasteiger partial charge < -0.3 is 15.3 Å². The molecular formula is C15H23N3O2. The van der Waals surface area contributed by atoms with Gasteiger partial charge in [0.05, 0.1) is 5.69 Å². The second-order valence-corrected chi connectivity index (χ2v) is 5.67. The Bertz CT molecular complexity index is 428. The number of rotatable bonds is 4. The van der Waals surface area contributed by atoms with E-state index in [0.29, 0.717) is 19.1 Å². The van der Waals surface area contributed by atoms with E-state index >= 15 is 0 Å². The monoisotopic (exact) mass is 277 g/mol. The van der Waals surface area contributed by atoms with Crippen molar-refractivity contribution in [2.75, 3.05) is 18.4 Å². The highest BCUT2D eigenvalue weighted by molar-refractivity contribution is 5.81. The maximum Gasteiger partial charge on any atom is 0.251 e. The van der Waals surface area contributed by atoms with Gasteiger partial charge in [0.2, 0.25) is 0 Å². The predicted octanol–water partition coefficient (Wildman–Crippen LogP) is 1.50. The lowest BCUT2D eigenvalue weighted by atomic mass is 10.0. The zero-order valence-electron chi connectivity index (χ0n) is 12.1. The van der Waals surface area contributed by atoms with Crippen LogP contribution in [-0.2, 0) is 4.79 Å². The molecule has 1 aliphatic heterocycles. The Morgan fingerprint density at radius 3 is 2.70 bits per heavy atom. The number of carbonyl (C=O) groups is 1. The number of nitrogens with zero attached hydrogens (tertiary/aromatic N) is 2. The third-order valence-electron chi connectivity index (χ3n) is 3.72. The number of hydrogen-bond donors (Lipinski definition) is 2. The van der Waals surface area contributed by atoms with Gasteiger partial charge in [0.15, 0.2) is 0 Å². The van der Waals surface area contributed by atoms with Crippen molar-refractivity contribution in [2.24, 2.45) is 5.92 Å². The zero-order chi connectivity index (χ0) is 14.5. The maximum atomic E-state index is 12.1. The van der Waals surface area contributed by atoms with Crippen LogP contribution in [0.2, 0.25) is 0 Å². The Hall–Kier alpha value is -1.62.